The van der Waals surface area contributed by atoms with E-state index in [9.17, 15) is 9.13 Å². The summed E-state index contributed by atoms with van der Waals surface area (Å²) < 4.78 is 116. The summed E-state index contributed by atoms with van der Waals surface area (Å²) in [6, 6.07) is 6.83. The molecule has 0 unspecified atom stereocenters. The number of nitrogens with zero attached hydrogens (tertiary/aromatic N) is 11. The number of benzene rings is 1. The van der Waals surface area contributed by atoms with Gasteiger partial charge in [-0.3, -0.25) is 22.7 Å². The number of fused-ring (bicyclic) bond motifs is 4. The Morgan fingerprint density at radius 2 is 1.37 bits per heavy atom. The van der Waals surface area contributed by atoms with Crippen LogP contribution in [0.5, 0.6) is 5.75 Å². The second-order valence-electron chi connectivity index (χ2n) is 13.8. The van der Waals surface area contributed by atoms with Gasteiger partial charge < -0.3 is 44.2 Å². The summed E-state index contributed by atoms with van der Waals surface area (Å²) in [6.07, 6.45) is -8.75. The molecule has 10 atom stereocenters. The van der Waals surface area contributed by atoms with E-state index in [1.54, 1.807) is 24.3 Å². The highest BCUT2D eigenvalue weighted by Gasteiger charge is 2.54. The number of hydrogen-bond donors (Lipinski definition) is 2. The second kappa shape index (κ2) is 19.7. The van der Waals surface area contributed by atoms with Crippen LogP contribution < -0.4 is 16.2 Å². The van der Waals surface area contributed by atoms with Gasteiger partial charge >= 0.3 is 6.80 Å². The number of halogens is 2. The zero-order valence-electron chi connectivity index (χ0n) is 32.8. The lowest BCUT2D eigenvalue weighted by atomic mass is 10.1. The van der Waals surface area contributed by atoms with Crippen LogP contribution in [-0.4, -0.2) is 136 Å². The zero-order valence-corrected chi connectivity index (χ0v) is 35.4. The number of azide groups is 1. The molecule has 7 heterocycles. The van der Waals surface area contributed by atoms with Gasteiger partial charge in [-0.1, -0.05) is 17.2 Å². The van der Waals surface area contributed by atoms with Crippen LogP contribution in [-0.2, 0) is 51.9 Å². The molecule has 0 aliphatic carbocycles. The van der Waals surface area contributed by atoms with Crippen LogP contribution in [0.15, 0.2) is 54.7 Å². The van der Waals surface area contributed by atoms with Gasteiger partial charge in [0.25, 0.3) is 7.47 Å². The normalized spacial score (nSPS) is 30.0. The van der Waals surface area contributed by atoms with Crippen molar-refractivity contribution in [2.45, 2.75) is 55.0 Å². The van der Waals surface area contributed by atoms with Crippen molar-refractivity contribution in [2.75, 3.05) is 64.3 Å². The Kier molecular flexibility index (Phi) is 14.1. The molecule has 5 aromatic rings. The highest BCUT2D eigenvalue weighted by atomic mass is 32.7. The van der Waals surface area contributed by atoms with Gasteiger partial charge in [-0.15, -0.1) is 0 Å². The van der Waals surface area contributed by atoms with E-state index in [2.05, 4.69) is 39.9 Å². The highest BCUT2D eigenvalue weighted by molar-refractivity contribution is 8.54. The standard InChI is InChI=1S/C33H38BF2N13O11P2S/c34-61(50)55-11-20-27(23(36)33(57-20)49-17-45-25-29(38)41-15-43-31(25)49)60-62(51,63-13-18-1-3-19(4-2-18)54-10-9-53-8-7-52-6-5-46-47-39)56-12-21-26(59-61)22(35)32(58-21)48-16-44-24-28(37)40-14-42-30(24)48/h1-4,14-17,20-23,26-27,32-33H,5-13H2,(H2,37,40,42)(H2,38,41,43)/t20-,21-,22-,23-,26-,27-,32-,33-,61+,62+/m1/s1. The van der Waals surface area contributed by atoms with Gasteiger partial charge in [-0.05, 0) is 34.6 Å². The first-order valence-electron chi connectivity index (χ1n) is 19.1. The molecule has 24 nitrogen and oxygen atoms in total. The fraction of sp³-hybridized carbons (Fsp3) is 0.515. The average Bonchev–Trinajstić information content (AvgIpc) is 4.04. The Balaban J connectivity index is 1.000. The van der Waals surface area contributed by atoms with Crippen molar-refractivity contribution in [1.82, 2.24) is 39.0 Å². The summed E-state index contributed by atoms with van der Waals surface area (Å²) in [6.45, 7) is -4.21. The topological polar surface area (TPSA) is 305 Å². The molecule has 0 bridgehead atoms. The predicted molar refractivity (Wildman–Crippen MR) is 219 cm³/mol. The molecule has 3 fully saturated rings. The number of aromatic nitrogens is 8. The van der Waals surface area contributed by atoms with Gasteiger partial charge in [0, 0.05) is 17.2 Å². The third-order valence-corrected chi connectivity index (χ3v) is 14.5. The van der Waals surface area contributed by atoms with Crippen LogP contribution in [0, 0.1) is 0 Å². The zero-order chi connectivity index (χ0) is 44.1. The predicted octanol–water partition coefficient (Wildman–Crippen LogP) is 4.16. The third kappa shape index (κ3) is 10.2. The third-order valence-electron chi connectivity index (χ3n) is 9.77. The summed E-state index contributed by atoms with van der Waals surface area (Å²) in [5.74, 6) is 0.592. The van der Waals surface area contributed by atoms with E-state index in [-0.39, 0.29) is 59.5 Å². The van der Waals surface area contributed by atoms with Gasteiger partial charge in [-0.25, -0.2) is 43.2 Å². The van der Waals surface area contributed by atoms with Crippen LogP contribution in [0.25, 0.3) is 32.8 Å². The van der Waals surface area contributed by atoms with Crippen molar-refractivity contribution in [2.24, 2.45) is 5.11 Å². The number of anilines is 2. The molecular weight excluding hydrogens is 897 g/mol. The van der Waals surface area contributed by atoms with Crippen LogP contribution in [0.3, 0.4) is 0 Å². The summed E-state index contributed by atoms with van der Waals surface area (Å²) in [5.41, 5.74) is 21.4. The Hall–Kier alpha value is -4.56. The van der Waals surface area contributed by atoms with Gasteiger partial charge in [-0.2, -0.15) is 0 Å². The molecule has 0 spiro atoms. The minimum absolute atomic E-state index is 0.0117. The number of ether oxygens (including phenoxy) is 5. The second-order valence-corrected chi connectivity index (χ2v) is 19.4. The number of imidazole rings is 2. The van der Waals surface area contributed by atoms with Crippen LogP contribution in [0.2, 0.25) is 0 Å². The molecule has 0 amide bonds. The summed E-state index contributed by atoms with van der Waals surface area (Å²) in [4.78, 5) is 27.1. The summed E-state index contributed by atoms with van der Waals surface area (Å²) in [5, 5.41) is 3.38. The molecule has 1 aromatic carbocycles. The van der Waals surface area contributed by atoms with E-state index in [4.69, 9.17) is 66.3 Å². The molecule has 63 heavy (non-hydrogen) atoms. The number of rotatable bonds is 15. The van der Waals surface area contributed by atoms with Crippen molar-refractivity contribution in [3.63, 3.8) is 0 Å². The maximum atomic E-state index is 16.8. The SMILES string of the molecule is [B][P@]1(=O)OC[C@H]2O[C@@H](n3cnc4c(N)ncnc43)[C@H](F)[C@@H]2O[P@@](=O)(SCc2ccc(OCCOCCOCCN=[N+]=[N-])cc2)OC[C@H]2O[C@@H](n3cnc4c(N)ncnc43)[C@H](F)[C@@H]2O1. The van der Waals surface area contributed by atoms with E-state index in [1.165, 1.54) is 21.8 Å². The number of nitrogen functional groups attached to an aromatic ring is 2. The smallest absolute Gasteiger partial charge is 0.389 e. The van der Waals surface area contributed by atoms with E-state index in [0.29, 0.717) is 42.5 Å². The Morgan fingerprint density at radius 3 is 1.97 bits per heavy atom. The Morgan fingerprint density at radius 1 is 0.810 bits per heavy atom. The van der Waals surface area contributed by atoms with Crippen LogP contribution in [0.4, 0.5) is 20.4 Å². The van der Waals surface area contributed by atoms with Gasteiger partial charge in [0.2, 0.25) is 7.57 Å². The molecule has 4 aromatic heterocycles. The minimum atomic E-state index is -4.68. The number of alkyl halides is 2. The fourth-order valence-electron chi connectivity index (χ4n) is 6.78. The van der Waals surface area contributed by atoms with Crippen molar-refractivity contribution in [3.05, 3.63) is 65.6 Å². The first kappa shape index (κ1) is 45.0. The van der Waals surface area contributed by atoms with Gasteiger partial charge in [0.15, 0.2) is 47.7 Å². The molecule has 30 heteroatoms. The average molecular weight is 936 g/mol. The highest BCUT2D eigenvalue weighted by Crippen LogP contribution is 2.65. The van der Waals surface area contributed by atoms with Crippen molar-refractivity contribution < 1.29 is 59.7 Å². The van der Waals surface area contributed by atoms with Crippen molar-refractivity contribution in [3.8, 4) is 5.75 Å². The Bertz CT molecular complexity index is 2530. The molecule has 4 N–H and O–H groups in total. The lowest BCUT2D eigenvalue weighted by Crippen LogP contribution is -2.37. The van der Waals surface area contributed by atoms with Gasteiger partial charge in [0.05, 0.1) is 52.3 Å². The maximum Gasteiger partial charge on any atom is 0.389 e. The van der Waals surface area contributed by atoms with E-state index in [0.717, 1.165) is 12.7 Å². The summed E-state index contributed by atoms with van der Waals surface area (Å²) >= 11 is 0.715. The quantitative estimate of drug-likeness (QED) is 0.0372. The Labute approximate surface area is 360 Å². The van der Waals surface area contributed by atoms with E-state index in [1.807, 2.05) is 0 Å². The first-order valence-corrected chi connectivity index (χ1v) is 23.8. The lowest BCUT2D eigenvalue weighted by Gasteiger charge is -2.30. The first-order chi connectivity index (χ1) is 30.4. The number of nitrogens with two attached hydrogens (primary N) is 2. The minimum Gasteiger partial charge on any atom is -0.491 e. The molecule has 8 rings (SSSR count). The maximum absolute atomic E-state index is 16.8. The largest absolute Gasteiger partial charge is 0.491 e. The van der Waals surface area contributed by atoms with Crippen LogP contribution >= 0.6 is 25.7 Å². The molecular formula is C33H38BF2N13O11P2S. The monoisotopic (exact) mass is 935 g/mol. The fourth-order valence-corrected chi connectivity index (χ4v) is 11.2. The van der Waals surface area contributed by atoms with Crippen LogP contribution in [0.1, 0.15) is 18.0 Å². The van der Waals surface area contributed by atoms with Crippen molar-refractivity contribution >= 4 is 67.2 Å². The van der Waals surface area contributed by atoms with E-state index >= 15 is 8.78 Å². The lowest BCUT2D eigenvalue weighted by molar-refractivity contribution is -0.0546. The molecule has 3 aliphatic heterocycles. The van der Waals surface area contributed by atoms with E-state index < -0.39 is 76.7 Å². The number of hydrogen-bond acceptors (Lipinski definition) is 21. The molecule has 3 saturated heterocycles. The van der Waals surface area contributed by atoms with Crippen molar-refractivity contribution in [1.29, 1.82) is 0 Å². The molecule has 334 valence electrons. The molecule has 3 aliphatic rings. The summed E-state index contributed by atoms with van der Waals surface area (Å²) in [7, 11) is 1.32. The molecule has 0 saturated carbocycles. The van der Waals surface area contributed by atoms with Gasteiger partial charge in [0.1, 0.15) is 60.5 Å². The molecule has 2 radical (unpaired) electrons.